The minimum Gasteiger partial charge on any atom is -0.497 e. The molecule has 2 rings (SSSR count). The predicted molar refractivity (Wildman–Crippen MR) is 120 cm³/mol. The fraction of sp³-hybridized carbons (Fsp3) is 0.583. The molecule has 1 heterocycles. The minimum atomic E-state index is -0.549. The molecule has 0 fully saturated rings. The van der Waals surface area contributed by atoms with Crippen molar-refractivity contribution in [1.82, 2.24) is 9.78 Å². The third kappa shape index (κ3) is 5.85. The van der Waals surface area contributed by atoms with Gasteiger partial charge in [0.05, 0.1) is 18.7 Å². The van der Waals surface area contributed by atoms with E-state index in [1.807, 2.05) is 0 Å². The maximum absolute atomic E-state index is 12.3. The highest BCUT2D eigenvalue weighted by molar-refractivity contribution is 6.64. The Labute approximate surface area is 180 Å². The number of carbonyl (C=O) groups is 1. The lowest BCUT2D eigenvalue weighted by molar-refractivity contribution is -0.114. The van der Waals surface area contributed by atoms with Gasteiger partial charge in [-0.25, -0.2) is 0 Å². The van der Waals surface area contributed by atoms with Crippen LogP contribution in [0.1, 0.15) is 75.4 Å². The van der Waals surface area contributed by atoms with Crippen LogP contribution in [-0.4, -0.2) is 22.1 Å². The summed E-state index contributed by atoms with van der Waals surface area (Å²) in [6.07, 6.45) is 13.1. The summed E-state index contributed by atoms with van der Waals surface area (Å²) in [4.78, 5) is 12.3. The second-order valence-electron chi connectivity index (χ2n) is 7.91. The van der Waals surface area contributed by atoms with Crippen LogP contribution in [0.2, 0.25) is 0 Å². The van der Waals surface area contributed by atoms with Crippen LogP contribution in [0.15, 0.2) is 36.6 Å². The van der Waals surface area contributed by atoms with Gasteiger partial charge in [0.1, 0.15) is 5.76 Å². The number of carbonyl (C=O) groups excluding carboxylic acids is 1. The fourth-order valence-corrected chi connectivity index (χ4v) is 4.39. The van der Waals surface area contributed by atoms with Gasteiger partial charge < -0.3 is 4.74 Å². The zero-order valence-corrected chi connectivity index (χ0v) is 18.9. The third-order valence-corrected chi connectivity index (χ3v) is 6.11. The van der Waals surface area contributed by atoms with Crippen molar-refractivity contribution < 1.29 is 9.53 Å². The monoisotopic (exact) mass is 418 g/mol. The van der Waals surface area contributed by atoms with Crippen molar-refractivity contribution in [2.45, 2.75) is 77.7 Å². The van der Waals surface area contributed by atoms with E-state index in [1.54, 1.807) is 19.3 Å². The van der Waals surface area contributed by atoms with Crippen molar-refractivity contribution in [3.05, 3.63) is 53.6 Å². The number of rotatable bonds is 12. The first kappa shape index (κ1) is 23.5. The Balaban J connectivity index is 2.37. The van der Waals surface area contributed by atoms with Gasteiger partial charge in [-0.15, -0.1) is 0 Å². The van der Waals surface area contributed by atoms with Crippen LogP contribution in [0.25, 0.3) is 0 Å². The molecule has 0 radical (unpaired) electrons. The van der Waals surface area contributed by atoms with Crippen LogP contribution in [-0.2, 0) is 28.8 Å². The van der Waals surface area contributed by atoms with Gasteiger partial charge in [0.15, 0.2) is 0 Å². The van der Waals surface area contributed by atoms with Crippen LogP contribution in [0.4, 0.5) is 0 Å². The van der Waals surface area contributed by atoms with Gasteiger partial charge in [0.25, 0.3) is 0 Å². The smallest absolute Gasteiger partial charge is 0.229 e. The Bertz CT molecular complexity index is 763. The molecule has 0 spiro atoms. The predicted octanol–water partition coefficient (Wildman–Crippen LogP) is 6.10. The molecule has 0 saturated carbocycles. The molecular formula is C24H35ClN2O2. The molecule has 0 amide bonds. The Morgan fingerprint density at radius 3 is 2.69 bits per heavy atom. The molecule has 29 heavy (non-hydrogen) atoms. The molecule has 1 aromatic rings. The number of hydrogen-bond donors (Lipinski definition) is 0. The van der Waals surface area contributed by atoms with Gasteiger partial charge in [0.2, 0.25) is 5.24 Å². The van der Waals surface area contributed by atoms with Crippen LogP contribution in [0.5, 0.6) is 0 Å². The van der Waals surface area contributed by atoms with Crippen molar-refractivity contribution in [2.24, 2.45) is 5.92 Å². The zero-order valence-electron chi connectivity index (χ0n) is 18.2. The number of aromatic nitrogens is 2. The summed E-state index contributed by atoms with van der Waals surface area (Å²) >= 11 is 6.02. The number of halogens is 1. The highest BCUT2D eigenvalue weighted by Gasteiger charge is 2.29. The van der Waals surface area contributed by atoms with E-state index >= 15 is 0 Å². The molecule has 1 aliphatic carbocycles. The van der Waals surface area contributed by atoms with Crippen molar-refractivity contribution in [3.63, 3.8) is 0 Å². The Kier molecular flexibility index (Phi) is 9.22. The molecule has 2 atom stereocenters. The Hall–Kier alpha value is -1.81. The van der Waals surface area contributed by atoms with E-state index < -0.39 is 11.2 Å². The van der Waals surface area contributed by atoms with E-state index in [4.69, 9.17) is 21.4 Å². The standard InChI is InChI=1S/C24H35ClN2O2/c1-6-8-9-13-17(3)27-23-15-11-10-14-20(23)22(26-27)16-21(24(25)28)19(12-7-2)18(4)29-5/h7,12,17,21H,2,4,6,8-11,13-16H2,1,3,5H3/b19-12+. The molecule has 0 N–H and O–H groups in total. The molecule has 1 aliphatic rings. The molecule has 0 bridgehead atoms. The first-order valence-electron chi connectivity index (χ1n) is 10.8. The number of ether oxygens (including phenoxy) is 1. The topological polar surface area (TPSA) is 44.1 Å². The van der Waals surface area contributed by atoms with Crippen molar-refractivity contribution in [3.8, 4) is 0 Å². The normalized spacial score (nSPS) is 16.1. The van der Waals surface area contributed by atoms with E-state index in [-0.39, 0.29) is 0 Å². The second-order valence-corrected chi connectivity index (χ2v) is 8.29. The molecule has 1 aromatic heterocycles. The SMILES string of the molecule is C=C/C=C(\C(=C)OC)C(Cc1nn(C(C)CCCCC)c2c1CCCC2)C(=O)Cl. The number of unbranched alkanes of at least 4 members (excludes halogenated alkanes) is 2. The average molecular weight is 419 g/mol. The summed E-state index contributed by atoms with van der Waals surface area (Å²) < 4.78 is 7.52. The third-order valence-electron chi connectivity index (χ3n) is 5.85. The summed E-state index contributed by atoms with van der Waals surface area (Å²) in [6, 6.07) is 0.365. The van der Waals surface area contributed by atoms with Crippen molar-refractivity contribution in [1.29, 1.82) is 0 Å². The summed E-state index contributed by atoms with van der Waals surface area (Å²) in [7, 11) is 1.55. The average Bonchev–Trinajstić information content (AvgIpc) is 3.08. The molecule has 2 unspecified atom stereocenters. The van der Waals surface area contributed by atoms with Crippen LogP contribution in [0, 0.1) is 5.92 Å². The van der Waals surface area contributed by atoms with Gasteiger partial charge in [0, 0.05) is 23.7 Å². The largest absolute Gasteiger partial charge is 0.497 e. The van der Waals surface area contributed by atoms with E-state index in [1.165, 1.54) is 36.9 Å². The van der Waals surface area contributed by atoms with Crippen LogP contribution < -0.4 is 0 Å². The molecule has 0 saturated heterocycles. The number of allylic oxidation sites excluding steroid dienone is 3. The number of fused-ring (bicyclic) bond motifs is 1. The van der Waals surface area contributed by atoms with Crippen LogP contribution >= 0.6 is 11.6 Å². The summed E-state index contributed by atoms with van der Waals surface area (Å²) in [6.45, 7) is 12.2. The van der Waals surface area contributed by atoms with Crippen LogP contribution in [0.3, 0.4) is 0 Å². The van der Waals surface area contributed by atoms with E-state index in [9.17, 15) is 4.79 Å². The Morgan fingerprint density at radius 1 is 1.34 bits per heavy atom. The van der Waals surface area contributed by atoms with E-state index in [0.717, 1.165) is 31.4 Å². The van der Waals surface area contributed by atoms with Crippen molar-refractivity contribution >= 4 is 16.8 Å². The molecule has 0 aromatic carbocycles. The molecule has 4 nitrogen and oxygen atoms in total. The maximum Gasteiger partial charge on any atom is 0.229 e. The maximum atomic E-state index is 12.3. The van der Waals surface area contributed by atoms with Gasteiger partial charge in [-0.05, 0) is 56.2 Å². The fourth-order valence-electron chi connectivity index (χ4n) is 4.20. The molecule has 160 valence electrons. The zero-order chi connectivity index (χ0) is 21.4. The van der Waals surface area contributed by atoms with Gasteiger partial charge >= 0.3 is 0 Å². The lowest BCUT2D eigenvalue weighted by atomic mass is 9.88. The Morgan fingerprint density at radius 2 is 2.07 bits per heavy atom. The second kappa shape index (κ2) is 11.4. The lowest BCUT2D eigenvalue weighted by Gasteiger charge is -2.19. The number of hydrogen-bond acceptors (Lipinski definition) is 3. The summed E-state index contributed by atoms with van der Waals surface area (Å²) in [5, 5.41) is 4.58. The van der Waals surface area contributed by atoms with E-state index in [0.29, 0.717) is 23.8 Å². The number of methoxy groups -OCH3 is 1. The molecule has 0 aliphatic heterocycles. The van der Waals surface area contributed by atoms with Gasteiger partial charge in [-0.1, -0.05) is 51.5 Å². The minimum absolute atomic E-state index is 0.365. The quantitative estimate of drug-likeness (QED) is 0.178. The first-order valence-corrected chi connectivity index (χ1v) is 11.2. The summed E-state index contributed by atoms with van der Waals surface area (Å²) in [5.41, 5.74) is 4.30. The molecular weight excluding hydrogens is 384 g/mol. The summed E-state index contributed by atoms with van der Waals surface area (Å²) in [5.74, 6) is -0.114. The first-order chi connectivity index (χ1) is 13.9. The number of nitrogens with zero attached hydrogens (tertiary/aromatic N) is 2. The highest BCUT2D eigenvalue weighted by atomic mass is 35.5. The lowest BCUT2D eigenvalue weighted by Crippen LogP contribution is -2.18. The molecule has 5 heteroatoms. The highest BCUT2D eigenvalue weighted by Crippen LogP contribution is 2.32. The van der Waals surface area contributed by atoms with Crippen molar-refractivity contribution in [2.75, 3.05) is 7.11 Å². The van der Waals surface area contributed by atoms with E-state index in [2.05, 4.69) is 31.7 Å². The van der Waals surface area contributed by atoms with Gasteiger partial charge in [-0.2, -0.15) is 5.10 Å². The van der Waals surface area contributed by atoms with Gasteiger partial charge in [-0.3, -0.25) is 9.48 Å².